The first-order valence-electron chi connectivity index (χ1n) is 5.30. The van der Waals surface area contributed by atoms with Crippen LogP contribution in [0.15, 0.2) is 18.2 Å². The number of nitrogens with two attached hydrogens (primary N) is 1. The Morgan fingerprint density at radius 1 is 1.50 bits per heavy atom. The fourth-order valence-corrected chi connectivity index (χ4v) is 2.12. The fourth-order valence-electron chi connectivity index (χ4n) is 2.12. The van der Waals surface area contributed by atoms with Crippen LogP contribution in [0.2, 0.25) is 0 Å². The molecule has 0 heterocycles. The zero-order valence-electron chi connectivity index (χ0n) is 8.80. The molecule has 0 fully saturated rings. The average Bonchev–Trinajstić information content (AvgIpc) is 2.40. The van der Waals surface area contributed by atoms with Gasteiger partial charge in [-0.1, -0.05) is 6.07 Å². The third-order valence-corrected chi connectivity index (χ3v) is 3.05. The van der Waals surface area contributed by atoms with Crippen LogP contribution in [0.25, 0.3) is 0 Å². The van der Waals surface area contributed by atoms with Gasteiger partial charge in [0, 0.05) is 18.2 Å². The highest BCUT2D eigenvalue weighted by atomic mass is 16.6. The lowest BCUT2D eigenvalue weighted by Gasteiger charge is -2.17. The number of hydrogen-bond acceptors (Lipinski definition) is 4. The molecule has 5 heteroatoms. The zero-order chi connectivity index (χ0) is 11.7. The van der Waals surface area contributed by atoms with Gasteiger partial charge in [0.15, 0.2) is 0 Å². The maximum absolute atomic E-state index is 10.7. The molecule has 0 bridgehead atoms. The van der Waals surface area contributed by atoms with E-state index in [1.807, 2.05) is 0 Å². The number of nitro groups is 1. The first-order chi connectivity index (χ1) is 7.59. The normalized spacial score (nSPS) is 24.6. The highest BCUT2D eigenvalue weighted by Gasteiger charge is 2.24. The Bertz CT molecular complexity index is 420. The topological polar surface area (TPSA) is 89.4 Å². The van der Waals surface area contributed by atoms with Crippen molar-refractivity contribution in [3.8, 4) is 0 Å². The van der Waals surface area contributed by atoms with Crippen molar-refractivity contribution in [2.75, 3.05) is 0 Å². The Labute approximate surface area is 93.0 Å². The van der Waals surface area contributed by atoms with Gasteiger partial charge in [-0.05, 0) is 30.4 Å². The van der Waals surface area contributed by atoms with E-state index in [4.69, 9.17) is 5.73 Å². The van der Waals surface area contributed by atoms with Crippen LogP contribution in [0.1, 0.15) is 30.1 Å². The Balaban J connectivity index is 2.46. The molecule has 1 aliphatic carbocycles. The summed E-state index contributed by atoms with van der Waals surface area (Å²) in [6.45, 7) is 0. The summed E-state index contributed by atoms with van der Waals surface area (Å²) in [6, 6.07) is 4.30. The zero-order valence-corrected chi connectivity index (χ0v) is 8.80. The Morgan fingerprint density at radius 3 is 2.94 bits per heavy atom. The van der Waals surface area contributed by atoms with Gasteiger partial charge in [0.25, 0.3) is 5.69 Å². The molecule has 0 radical (unpaired) electrons. The van der Waals surface area contributed by atoms with Crippen molar-refractivity contribution in [3.05, 3.63) is 39.4 Å². The second-order valence-electron chi connectivity index (χ2n) is 4.14. The third kappa shape index (κ3) is 1.91. The number of rotatable bonds is 1. The van der Waals surface area contributed by atoms with Crippen molar-refractivity contribution >= 4 is 5.69 Å². The van der Waals surface area contributed by atoms with Gasteiger partial charge in [-0.15, -0.1) is 0 Å². The maximum Gasteiger partial charge on any atom is 0.269 e. The molecule has 1 aliphatic rings. The summed E-state index contributed by atoms with van der Waals surface area (Å²) < 4.78 is 0. The van der Waals surface area contributed by atoms with Crippen molar-refractivity contribution in [1.82, 2.24) is 0 Å². The minimum Gasteiger partial charge on any atom is -0.387 e. The number of non-ortho nitro benzene ring substituents is 1. The Hall–Kier alpha value is -1.46. The van der Waals surface area contributed by atoms with Crippen LogP contribution in [-0.2, 0) is 6.42 Å². The van der Waals surface area contributed by atoms with Crippen molar-refractivity contribution in [2.24, 2.45) is 5.73 Å². The van der Waals surface area contributed by atoms with Crippen molar-refractivity contribution in [1.29, 1.82) is 0 Å². The molecule has 2 atom stereocenters. The molecule has 2 unspecified atom stereocenters. The standard InChI is InChI=1S/C11H14N2O3/c12-10-3-1-2-7-4-5-8(13(15)16)6-9(7)11(10)14/h4-6,10-11,14H,1-3,12H2. The number of aliphatic hydroxyl groups is 1. The smallest absolute Gasteiger partial charge is 0.269 e. The summed E-state index contributed by atoms with van der Waals surface area (Å²) in [6.07, 6.45) is 1.67. The van der Waals surface area contributed by atoms with Gasteiger partial charge in [0.05, 0.1) is 11.0 Å². The molecule has 0 amide bonds. The van der Waals surface area contributed by atoms with E-state index in [0.29, 0.717) is 5.56 Å². The molecule has 86 valence electrons. The van der Waals surface area contributed by atoms with Gasteiger partial charge in [-0.25, -0.2) is 0 Å². The molecule has 5 nitrogen and oxygen atoms in total. The van der Waals surface area contributed by atoms with Crippen LogP contribution in [0.3, 0.4) is 0 Å². The van der Waals surface area contributed by atoms with Gasteiger partial charge < -0.3 is 10.8 Å². The molecule has 2 rings (SSSR count). The molecular weight excluding hydrogens is 208 g/mol. The summed E-state index contributed by atoms with van der Waals surface area (Å²) in [5, 5.41) is 20.6. The van der Waals surface area contributed by atoms with Crippen LogP contribution in [0.5, 0.6) is 0 Å². The molecule has 0 aliphatic heterocycles. The molecule has 16 heavy (non-hydrogen) atoms. The SMILES string of the molecule is NC1CCCc2ccc([N+](=O)[O-])cc2C1O. The number of aliphatic hydroxyl groups excluding tert-OH is 1. The van der Waals surface area contributed by atoms with Crippen LogP contribution in [0, 0.1) is 10.1 Å². The highest BCUT2D eigenvalue weighted by molar-refractivity contribution is 5.42. The number of nitro benzene ring substituents is 1. The predicted octanol–water partition coefficient (Wildman–Crippen LogP) is 1.29. The van der Waals surface area contributed by atoms with Crippen molar-refractivity contribution < 1.29 is 10.0 Å². The second kappa shape index (κ2) is 4.19. The largest absolute Gasteiger partial charge is 0.387 e. The van der Waals surface area contributed by atoms with E-state index >= 15 is 0 Å². The Morgan fingerprint density at radius 2 is 2.25 bits per heavy atom. The first-order valence-corrected chi connectivity index (χ1v) is 5.30. The van der Waals surface area contributed by atoms with Crippen molar-refractivity contribution in [3.63, 3.8) is 0 Å². The van der Waals surface area contributed by atoms with Gasteiger partial charge in [0.2, 0.25) is 0 Å². The minimum atomic E-state index is -0.794. The molecule has 0 saturated carbocycles. The molecule has 1 aromatic rings. The van der Waals surface area contributed by atoms with E-state index in [1.54, 1.807) is 6.07 Å². The first kappa shape index (κ1) is 11.0. The van der Waals surface area contributed by atoms with Gasteiger partial charge in [-0.2, -0.15) is 0 Å². The van der Waals surface area contributed by atoms with E-state index in [-0.39, 0.29) is 11.7 Å². The van der Waals surface area contributed by atoms with E-state index in [9.17, 15) is 15.2 Å². The summed E-state index contributed by atoms with van der Waals surface area (Å²) >= 11 is 0. The van der Waals surface area contributed by atoms with E-state index < -0.39 is 11.0 Å². The Kier molecular flexibility index (Phi) is 2.89. The molecular formula is C11H14N2O3. The van der Waals surface area contributed by atoms with Crippen LogP contribution < -0.4 is 5.73 Å². The number of fused-ring (bicyclic) bond motifs is 1. The number of aryl methyl sites for hydroxylation is 1. The second-order valence-corrected chi connectivity index (χ2v) is 4.14. The third-order valence-electron chi connectivity index (χ3n) is 3.05. The van der Waals surface area contributed by atoms with Crippen molar-refractivity contribution in [2.45, 2.75) is 31.4 Å². The summed E-state index contributed by atoms with van der Waals surface area (Å²) in [7, 11) is 0. The van der Waals surface area contributed by atoms with Crippen LogP contribution in [-0.4, -0.2) is 16.1 Å². The quantitative estimate of drug-likeness (QED) is 0.425. The maximum atomic E-state index is 10.7. The number of benzene rings is 1. The minimum absolute atomic E-state index is 0.00639. The van der Waals surface area contributed by atoms with E-state index in [1.165, 1.54) is 12.1 Å². The number of nitrogens with zero attached hydrogens (tertiary/aromatic N) is 1. The highest BCUT2D eigenvalue weighted by Crippen LogP contribution is 2.30. The van der Waals surface area contributed by atoms with E-state index in [0.717, 1.165) is 24.8 Å². The van der Waals surface area contributed by atoms with Gasteiger partial charge >= 0.3 is 0 Å². The predicted molar refractivity (Wildman–Crippen MR) is 59.0 cm³/mol. The summed E-state index contributed by atoms with van der Waals surface area (Å²) in [4.78, 5) is 10.2. The lowest BCUT2D eigenvalue weighted by molar-refractivity contribution is -0.385. The average molecular weight is 222 g/mol. The van der Waals surface area contributed by atoms with Crippen LogP contribution in [0.4, 0.5) is 5.69 Å². The molecule has 0 spiro atoms. The van der Waals surface area contributed by atoms with E-state index in [2.05, 4.69) is 0 Å². The molecule has 0 aromatic heterocycles. The molecule has 3 N–H and O–H groups in total. The lowest BCUT2D eigenvalue weighted by Crippen LogP contribution is -2.27. The van der Waals surface area contributed by atoms with Crippen LogP contribution >= 0.6 is 0 Å². The van der Waals surface area contributed by atoms with Gasteiger partial charge in [-0.3, -0.25) is 10.1 Å². The summed E-state index contributed by atoms with van der Waals surface area (Å²) in [5.41, 5.74) is 7.38. The monoisotopic (exact) mass is 222 g/mol. The number of hydrogen-bond donors (Lipinski definition) is 2. The van der Waals surface area contributed by atoms with Gasteiger partial charge in [0.1, 0.15) is 0 Å². The molecule has 0 saturated heterocycles. The summed E-state index contributed by atoms with van der Waals surface area (Å²) in [5.74, 6) is 0. The fraction of sp³-hybridized carbons (Fsp3) is 0.455. The molecule has 1 aromatic carbocycles. The lowest BCUT2D eigenvalue weighted by atomic mass is 9.98.